The van der Waals surface area contributed by atoms with Crippen LogP contribution in [0.2, 0.25) is 0 Å². The molecule has 0 N–H and O–H groups in total. The minimum Gasteiger partial charge on any atom is -0.340 e. The molecule has 1 aliphatic heterocycles. The topological polar surface area (TPSA) is 48.5 Å². The van der Waals surface area contributed by atoms with Gasteiger partial charge in [0.2, 0.25) is 0 Å². The van der Waals surface area contributed by atoms with E-state index >= 15 is 0 Å². The summed E-state index contributed by atoms with van der Waals surface area (Å²) in [6.07, 6.45) is 0.682. The molecule has 28 heavy (non-hydrogen) atoms. The molecule has 0 aliphatic carbocycles. The molecular formula is C19H13ClF3N5. The predicted octanol–water partition coefficient (Wildman–Crippen LogP) is 4.60. The van der Waals surface area contributed by atoms with E-state index in [0.29, 0.717) is 23.9 Å². The molecule has 142 valence electrons. The molecule has 1 aliphatic rings. The molecule has 0 radical (unpaired) electrons. The van der Waals surface area contributed by atoms with Gasteiger partial charge in [-0.25, -0.2) is 0 Å². The summed E-state index contributed by atoms with van der Waals surface area (Å²) in [6, 6.07) is 11.1. The molecule has 1 aromatic carbocycles. The Morgan fingerprint density at radius 2 is 1.68 bits per heavy atom. The maximum Gasteiger partial charge on any atom is 0.416 e. The molecule has 5 nitrogen and oxygen atoms in total. The van der Waals surface area contributed by atoms with Crippen LogP contribution in [0, 0.1) is 0 Å². The molecule has 0 fully saturated rings. The summed E-state index contributed by atoms with van der Waals surface area (Å²) in [4.78, 5) is 3.99. The SMILES string of the molecule is Cl.FC(F)(F)c1ccc2c(c1)-n1c(-c3ccncc3)nnc1-c1cccn1C2. The lowest BCUT2D eigenvalue weighted by molar-refractivity contribution is -0.137. The van der Waals surface area contributed by atoms with Crippen molar-refractivity contribution in [2.24, 2.45) is 0 Å². The van der Waals surface area contributed by atoms with Crippen LogP contribution in [0.25, 0.3) is 28.6 Å². The average molecular weight is 404 g/mol. The van der Waals surface area contributed by atoms with Crippen molar-refractivity contribution >= 4 is 12.4 Å². The van der Waals surface area contributed by atoms with E-state index in [4.69, 9.17) is 0 Å². The maximum atomic E-state index is 13.3. The lowest BCUT2D eigenvalue weighted by atomic mass is 10.1. The summed E-state index contributed by atoms with van der Waals surface area (Å²) in [5.41, 5.74) is 2.02. The van der Waals surface area contributed by atoms with Gasteiger partial charge >= 0.3 is 6.18 Å². The number of aromatic nitrogens is 5. The number of hydrogen-bond acceptors (Lipinski definition) is 3. The number of nitrogens with zero attached hydrogens (tertiary/aromatic N) is 5. The second kappa shape index (κ2) is 6.49. The van der Waals surface area contributed by atoms with Gasteiger partial charge in [0, 0.05) is 30.7 Å². The number of halogens is 4. The van der Waals surface area contributed by atoms with E-state index in [9.17, 15) is 13.2 Å². The van der Waals surface area contributed by atoms with E-state index in [-0.39, 0.29) is 12.4 Å². The van der Waals surface area contributed by atoms with Crippen molar-refractivity contribution in [2.75, 3.05) is 0 Å². The normalized spacial score (nSPS) is 12.4. The van der Waals surface area contributed by atoms with Crippen molar-refractivity contribution in [3.05, 3.63) is 72.2 Å². The molecule has 3 aromatic heterocycles. The van der Waals surface area contributed by atoms with Gasteiger partial charge in [0.05, 0.1) is 16.9 Å². The first-order valence-electron chi connectivity index (χ1n) is 8.24. The third-order valence-electron chi connectivity index (χ3n) is 4.65. The van der Waals surface area contributed by atoms with Gasteiger partial charge in [0.15, 0.2) is 11.6 Å². The van der Waals surface area contributed by atoms with E-state index in [1.165, 1.54) is 12.1 Å². The molecule has 0 spiro atoms. The smallest absolute Gasteiger partial charge is 0.340 e. The fraction of sp³-hybridized carbons (Fsp3) is 0.105. The van der Waals surface area contributed by atoms with E-state index in [1.807, 2.05) is 22.9 Å². The molecule has 0 atom stereocenters. The summed E-state index contributed by atoms with van der Waals surface area (Å²) >= 11 is 0. The fourth-order valence-corrected chi connectivity index (χ4v) is 3.39. The molecule has 0 amide bonds. The van der Waals surface area contributed by atoms with E-state index < -0.39 is 11.7 Å². The van der Waals surface area contributed by atoms with E-state index in [1.54, 1.807) is 29.1 Å². The molecule has 5 rings (SSSR count). The quantitative estimate of drug-likeness (QED) is 0.411. The molecular weight excluding hydrogens is 391 g/mol. The zero-order chi connectivity index (χ0) is 18.6. The van der Waals surface area contributed by atoms with Crippen LogP contribution >= 0.6 is 12.4 Å². The molecule has 0 bridgehead atoms. The van der Waals surface area contributed by atoms with Gasteiger partial charge < -0.3 is 4.57 Å². The second-order valence-corrected chi connectivity index (χ2v) is 6.28. The Morgan fingerprint density at radius 3 is 2.43 bits per heavy atom. The second-order valence-electron chi connectivity index (χ2n) is 6.28. The number of rotatable bonds is 1. The first-order chi connectivity index (χ1) is 13.0. The van der Waals surface area contributed by atoms with Crippen molar-refractivity contribution in [1.82, 2.24) is 24.3 Å². The Bertz CT molecular complexity index is 1150. The van der Waals surface area contributed by atoms with Crippen LogP contribution < -0.4 is 0 Å². The van der Waals surface area contributed by atoms with Gasteiger partial charge in [0.1, 0.15) is 0 Å². The number of pyridine rings is 1. The van der Waals surface area contributed by atoms with Crippen LogP contribution in [0.4, 0.5) is 13.2 Å². The van der Waals surface area contributed by atoms with Crippen LogP contribution in [0.1, 0.15) is 11.1 Å². The highest BCUT2D eigenvalue weighted by Crippen LogP contribution is 2.37. The van der Waals surface area contributed by atoms with Crippen LogP contribution in [0.15, 0.2) is 61.1 Å². The summed E-state index contributed by atoms with van der Waals surface area (Å²) in [5.74, 6) is 0.979. The Hall–Kier alpha value is -3.13. The fourth-order valence-electron chi connectivity index (χ4n) is 3.39. The standard InChI is InChI=1S/C19H12F3N5.ClH/c20-19(21,22)14-4-3-13-11-26-9-1-2-15(26)18-25-24-17(27(18)16(13)10-14)12-5-7-23-8-6-12;/h1-10H,11H2;1H. The Labute approximate surface area is 163 Å². The van der Waals surface area contributed by atoms with Gasteiger partial charge in [0.25, 0.3) is 0 Å². The van der Waals surface area contributed by atoms with Gasteiger partial charge in [-0.15, -0.1) is 22.6 Å². The monoisotopic (exact) mass is 403 g/mol. The predicted molar refractivity (Wildman–Crippen MR) is 99.4 cm³/mol. The van der Waals surface area contributed by atoms with Gasteiger partial charge in [-0.2, -0.15) is 13.2 Å². The zero-order valence-electron chi connectivity index (χ0n) is 14.3. The first kappa shape index (κ1) is 18.2. The van der Waals surface area contributed by atoms with E-state index in [2.05, 4.69) is 15.2 Å². The molecule has 0 saturated carbocycles. The minimum atomic E-state index is -4.43. The van der Waals surface area contributed by atoms with Crippen molar-refractivity contribution in [2.45, 2.75) is 12.7 Å². The van der Waals surface area contributed by atoms with Crippen LogP contribution in [-0.2, 0) is 12.7 Å². The number of fused-ring (bicyclic) bond motifs is 5. The highest BCUT2D eigenvalue weighted by molar-refractivity contribution is 5.85. The summed E-state index contributed by atoms with van der Waals surface area (Å²) < 4.78 is 43.6. The number of alkyl halides is 3. The number of benzene rings is 1. The lowest BCUT2D eigenvalue weighted by Gasteiger charge is -2.15. The third-order valence-corrected chi connectivity index (χ3v) is 4.65. The first-order valence-corrected chi connectivity index (χ1v) is 8.24. The van der Waals surface area contributed by atoms with Crippen molar-refractivity contribution in [3.8, 4) is 28.6 Å². The Kier molecular flexibility index (Phi) is 4.23. The van der Waals surface area contributed by atoms with Crippen molar-refractivity contribution < 1.29 is 13.2 Å². The molecule has 0 saturated heterocycles. The van der Waals surface area contributed by atoms with Crippen molar-refractivity contribution in [1.29, 1.82) is 0 Å². The van der Waals surface area contributed by atoms with Gasteiger partial charge in [-0.3, -0.25) is 9.55 Å². The Morgan fingerprint density at radius 1 is 0.929 bits per heavy atom. The zero-order valence-corrected chi connectivity index (χ0v) is 15.1. The van der Waals surface area contributed by atoms with Crippen molar-refractivity contribution in [3.63, 3.8) is 0 Å². The van der Waals surface area contributed by atoms with Crippen LogP contribution in [0.3, 0.4) is 0 Å². The summed E-state index contributed by atoms with van der Waals surface area (Å²) in [5, 5.41) is 8.56. The van der Waals surface area contributed by atoms with E-state index in [0.717, 1.165) is 22.9 Å². The minimum absolute atomic E-state index is 0. The summed E-state index contributed by atoms with van der Waals surface area (Å²) in [7, 11) is 0. The van der Waals surface area contributed by atoms with Crippen LogP contribution in [-0.4, -0.2) is 24.3 Å². The molecule has 0 unspecified atom stereocenters. The summed E-state index contributed by atoms with van der Waals surface area (Å²) in [6.45, 7) is 0.453. The highest BCUT2D eigenvalue weighted by atomic mass is 35.5. The molecule has 4 aromatic rings. The number of hydrogen-bond donors (Lipinski definition) is 0. The van der Waals surface area contributed by atoms with Crippen LogP contribution in [0.5, 0.6) is 0 Å². The largest absolute Gasteiger partial charge is 0.416 e. The average Bonchev–Trinajstić information content (AvgIpc) is 3.26. The lowest BCUT2D eigenvalue weighted by Crippen LogP contribution is -2.09. The molecule has 9 heteroatoms. The maximum absolute atomic E-state index is 13.3. The highest BCUT2D eigenvalue weighted by Gasteiger charge is 2.33. The Balaban J connectivity index is 0.00000192. The van der Waals surface area contributed by atoms with Gasteiger partial charge in [-0.1, -0.05) is 6.07 Å². The van der Waals surface area contributed by atoms with Gasteiger partial charge in [-0.05, 0) is 42.0 Å². The molecule has 4 heterocycles. The third kappa shape index (κ3) is 2.77.